The molecule has 1 aromatic carbocycles. The summed E-state index contributed by atoms with van der Waals surface area (Å²) >= 11 is 0. The molecule has 0 aliphatic carbocycles. The Kier molecular flexibility index (Phi) is 5.16. The molecule has 1 amide bonds. The Morgan fingerprint density at radius 3 is 2.41 bits per heavy atom. The van der Waals surface area contributed by atoms with Crippen LogP contribution in [0.25, 0.3) is 0 Å². The van der Waals surface area contributed by atoms with Crippen LogP contribution in [0.2, 0.25) is 0 Å². The average molecular weight is 234 g/mol. The van der Waals surface area contributed by atoms with Gasteiger partial charge < -0.3 is 10.6 Å². The first kappa shape index (κ1) is 13.7. The van der Waals surface area contributed by atoms with E-state index in [9.17, 15) is 4.79 Å². The van der Waals surface area contributed by atoms with E-state index in [0.717, 1.165) is 6.54 Å². The summed E-state index contributed by atoms with van der Waals surface area (Å²) in [6, 6.07) is 6.09. The Bertz CT molecular complexity index is 368. The summed E-state index contributed by atoms with van der Waals surface area (Å²) < 4.78 is 0. The van der Waals surface area contributed by atoms with Gasteiger partial charge in [0.05, 0.1) is 6.04 Å². The van der Waals surface area contributed by atoms with Crippen LogP contribution >= 0.6 is 0 Å². The fourth-order valence-electron chi connectivity index (χ4n) is 1.80. The third-order valence-electron chi connectivity index (χ3n) is 2.97. The highest BCUT2D eigenvalue weighted by Crippen LogP contribution is 2.12. The molecular weight excluding hydrogens is 212 g/mol. The lowest BCUT2D eigenvalue weighted by molar-refractivity contribution is -0.122. The molecule has 1 atom stereocenters. The molecule has 0 aromatic heterocycles. The third-order valence-corrected chi connectivity index (χ3v) is 2.97. The van der Waals surface area contributed by atoms with Gasteiger partial charge >= 0.3 is 0 Å². The summed E-state index contributed by atoms with van der Waals surface area (Å²) in [7, 11) is 0. The molecule has 0 saturated heterocycles. The number of carbonyl (C=O) groups excluding carboxylic acids is 1. The molecule has 0 radical (unpaired) electrons. The van der Waals surface area contributed by atoms with Gasteiger partial charge in [0.2, 0.25) is 5.91 Å². The van der Waals surface area contributed by atoms with Crippen molar-refractivity contribution < 1.29 is 4.79 Å². The minimum Gasteiger partial charge on any atom is -0.355 e. The van der Waals surface area contributed by atoms with Crippen molar-refractivity contribution in [2.45, 2.75) is 40.3 Å². The summed E-state index contributed by atoms with van der Waals surface area (Å²) in [6.45, 7) is 9.42. The van der Waals surface area contributed by atoms with Crippen molar-refractivity contribution in [3.63, 3.8) is 0 Å². The standard InChI is InChI=1S/C14H22N2O/c1-5-15-14(17)12(4)16-9-13-10(2)7-6-8-11(13)3/h6-8,12,16H,5,9H2,1-4H3,(H,15,17). The second-order valence-corrected chi connectivity index (χ2v) is 4.37. The maximum atomic E-state index is 11.6. The van der Waals surface area contributed by atoms with E-state index in [2.05, 4.69) is 42.7 Å². The second-order valence-electron chi connectivity index (χ2n) is 4.37. The Balaban J connectivity index is 2.58. The Labute approximate surface area is 104 Å². The molecule has 0 aliphatic rings. The van der Waals surface area contributed by atoms with Crippen molar-refractivity contribution in [3.8, 4) is 0 Å². The van der Waals surface area contributed by atoms with Gasteiger partial charge in [-0.2, -0.15) is 0 Å². The van der Waals surface area contributed by atoms with Crippen LogP contribution in [0.15, 0.2) is 18.2 Å². The number of likely N-dealkylation sites (N-methyl/N-ethyl adjacent to an activating group) is 1. The normalized spacial score (nSPS) is 12.2. The maximum Gasteiger partial charge on any atom is 0.236 e. The average Bonchev–Trinajstić information content (AvgIpc) is 2.28. The van der Waals surface area contributed by atoms with Crippen LogP contribution in [0.5, 0.6) is 0 Å². The van der Waals surface area contributed by atoms with Gasteiger partial charge in [-0.05, 0) is 44.4 Å². The number of hydrogen-bond donors (Lipinski definition) is 2. The minimum absolute atomic E-state index is 0.0544. The van der Waals surface area contributed by atoms with E-state index in [4.69, 9.17) is 0 Å². The highest BCUT2D eigenvalue weighted by Gasteiger charge is 2.11. The Morgan fingerprint density at radius 2 is 1.88 bits per heavy atom. The highest BCUT2D eigenvalue weighted by atomic mass is 16.2. The number of hydrogen-bond acceptors (Lipinski definition) is 2. The lowest BCUT2D eigenvalue weighted by atomic mass is 10.0. The third kappa shape index (κ3) is 3.86. The van der Waals surface area contributed by atoms with E-state index < -0.39 is 0 Å². The minimum atomic E-state index is -0.158. The van der Waals surface area contributed by atoms with Gasteiger partial charge in [0.1, 0.15) is 0 Å². The molecule has 0 bridgehead atoms. The van der Waals surface area contributed by atoms with Crippen LogP contribution in [0.4, 0.5) is 0 Å². The first-order chi connectivity index (χ1) is 8.06. The molecule has 0 spiro atoms. The van der Waals surface area contributed by atoms with Gasteiger partial charge in [-0.3, -0.25) is 4.79 Å². The van der Waals surface area contributed by atoms with Gasteiger partial charge in [0, 0.05) is 13.1 Å². The molecule has 1 aromatic rings. The van der Waals surface area contributed by atoms with Crippen molar-refractivity contribution in [1.82, 2.24) is 10.6 Å². The number of nitrogens with one attached hydrogen (secondary N) is 2. The van der Waals surface area contributed by atoms with Gasteiger partial charge in [-0.25, -0.2) is 0 Å². The molecule has 1 rings (SSSR count). The molecule has 0 fully saturated rings. The number of amides is 1. The summed E-state index contributed by atoms with van der Waals surface area (Å²) in [5, 5.41) is 6.06. The zero-order valence-corrected chi connectivity index (χ0v) is 11.1. The fourth-order valence-corrected chi connectivity index (χ4v) is 1.80. The lowest BCUT2D eigenvalue weighted by Gasteiger charge is -2.15. The van der Waals surface area contributed by atoms with Gasteiger partial charge in [0.15, 0.2) is 0 Å². The van der Waals surface area contributed by atoms with Crippen molar-refractivity contribution in [2.75, 3.05) is 6.54 Å². The van der Waals surface area contributed by atoms with Crippen LogP contribution in [0, 0.1) is 13.8 Å². The zero-order valence-electron chi connectivity index (χ0n) is 11.1. The summed E-state index contributed by atoms with van der Waals surface area (Å²) in [6.07, 6.45) is 0. The summed E-state index contributed by atoms with van der Waals surface area (Å²) in [5.41, 5.74) is 3.81. The Morgan fingerprint density at radius 1 is 1.29 bits per heavy atom. The largest absolute Gasteiger partial charge is 0.355 e. The van der Waals surface area contributed by atoms with Crippen LogP contribution < -0.4 is 10.6 Å². The molecule has 0 saturated carbocycles. The van der Waals surface area contributed by atoms with E-state index in [1.54, 1.807) is 0 Å². The van der Waals surface area contributed by atoms with Crippen LogP contribution in [0.1, 0.15) is 30.5 Å². The number of rotatable bonds is 5. The van der Waals surface area contributed by atoms with E-state index in [0.29, 0.717) is 6.54 Å². The van der Waals surface area contributed by atoms with Gasteiger partial charge in [-0.15, -0.1) is 0 Å². The highest BCUT2D eigenvalue weighted by molar-refractivity contribution is 5.81. The molecule has 94 valence electrons. The topological polar surface area (TPSA) is 41.1 Å². The zero-order chi connectivity index (χ0) is 12.8. The van der Waals surface area contributed by atoms with Crippen molar-refractivity contribution in [1.29, 1.82) is 0 Å². The smallest absolute Gasteiger partial charge is 0.236 e. The van der Waals surface area contributed by atoms with Gasteiger partial charge in [0.25, 0.3) is 0 Å². The number of aryl methyl sites for hydroxylation is 2. The van der Waals surface area contributed by atoms with E-state index in [1.165, 1.54) is 16.7 Å². The van der Waals surface area contributed by atoms with E-state index in [1.807, 2.05) is 13.8 Å². The predicted molar refractivity (Wildman–Crippen MR) is 70.9 cm³/mol. The Hall–Kier alpha value is -1.35. The molecule has 17 heavy (non-hydrogen) atoms. The van der Waals surface area contributed by atoms with Crippen LogP contribution in [-0.2, 0) is 11.3 Å². The predicted octanol–water partition coefficient (Wildman–Crippen LogP) is 1.92. The van der Waals surface area contributed by atoms with E-state index in [-0.39, 0.29) is 11.9 Å². The fraction of sp³-hybridized carbons (Fsp3) is 0.500. The first-order valence-corrected chi connectivity index (χ1v) is 6.12. The van der Waals surface area contributed by atoms with Gasteiger partial charge in [-0.1, -0.05) is 18.2 Å². The molecule has 3 nitrogen and oxygen atoms in total. The van der Waals surface area contributed by atoms with E-state index >= 15 is 0 Å². The van der Waals surface area contributed by atoms with Crippen molar-refractivity contribution in [3.05, 3.63) is 34.9 Å². The molecule has 1 unspecified atom stereocenters. The maximum absolute atomic E-state index is 11.6. The number of carbonyl (C=O) groups is 1. The van der Waals surface area contributed by atoms with Crippen LogP contribution in [0.3, 0.4) is 0 Å². The van der Waals surface area contributed by atoms with Crippen molar-refractivity contribution in [2.24, 2.45) is 0 Å². The first-order valence-electron chi connectivity index (χ1n) is 6.12. The summed E-state index contributed by atoms with van der Waals surface area (Å²) in [4.78, 5) is 11.6. The molecule has 2 N–H and O–H groups in total. The number of benzene rings is 1. The SMILES string of the molecule is CCNC(=O)C(C)NCc1c(C)cccc1C. The second kappa shape index (κ2) is 6.40. The molecule has 0 aliphatic heterocycles. The van der Waals surface area contributed by atoms with Crippen LogP contribution in [-0.4, -0.2) is 18.5 Å². The molecular formula is C14H22N2O. The molecule has 3 heteroatoms. The van der Waals surface area contributed by atoms with Crippen molar-refractivity contribution >= 4 is 5.91 Å². The quantitative estimate of drug-likeness (QED) is 0.817. The lowest BCUT2D eigenvalue weighted by Crippen LogP contribution is -2.41. The monoisotopic (exact) mass is 234 g/mol. The summed E-state index contributed by atoms with van der Waals surface area (Å²) in [5.74, 6) is 0.0544. The molecule has 0 heterocycles.